The molecule has 2 nitrogen and oxygen atoms in total. The Morgan fingerprint density at radius 3 is 2.71 bits per heavy atom. The van der Waals surface area contributed by atoms with Gasteiger partial charge in [0.05, 0.1) is 0 Å². The van der Waals surface area contributed by atoms with Crippen LogP contribution in [0.2, 0.25) is 0 Å². The van der Waals surface area contributed by atoms with E-state index in [-0.39, 0.29) is 0 Å². The normalized spacial score (nSPS) is 30.2. The van der Waals surface area contributed by atoms with E-state index in [4.69, 9.17) is 5.11 Å². The molecule has 3 atom stereocenters. The molecule has 84 valence electrons. The Morgan fingerprint density at radius 2 is 2.14 bits per heavy atom. The van der Waals surface area contributed by atoms with Crippen molar-refractivity contribution >= 4 is 0 Å². The van der Waals surface area contributed by atoms with Crippen molar-refractivity contribution in [3.63, 3.8) is 0 Å². The first-order chi connectivity index (χ1) is 6.81. The second kappa shape index (κ2) is 6.41. The molecule has 1 aliphatic heterocycles. The fourth-order valence-corrected chi connectivity index (χ4v) is 2.71. The number of aliphatic hydroxyl groups excluding tert-OH is 1. The highest BCUT2D eigenvalue weighted by Gasteiger charge is 2.26. The van der Waals surface area contributed by atoms with E-state index in [0.717, 1.165) is 24.9 Å². The first-order valence-electron chi connectivity index (χ1n) is 6.13. The van der Waals surface area contributed by atoms with Gasteiger partial charge in [-0.15, -0.1) is 0 Å². The Morgan fingerprint density at radius 1 is 1.36 bits per heavy atom. The molecule has 1 heterocycles. The maximum atomic E-state index is 9.15. The number of piperidine rings is 1. The molecule has 0 aromatic carbocycles. The van der Waals surface area contributed by atoms with E-state index in [2.05, 4.69) is 19.2 Å². The SMILES string of the molecule is CCCC(CC)C1CNCC(CO)C1. The van der Waals surface area contributed by atoms with Gasteiger partial charge in [0.25, 0.3) is 0 Å². The molecule has 1 rings (SSSR count). The van der Waals surface area contributed by atoms with Crippen LogP contribution < -0.4 is 5.32 Å². The lowest BCUT2D eigenvalue weighted by atomic mass is 9.78. The lowest BCUT2D eigenvalue weighted by molar-refractivity contribution is 0.139. The standard InChI is InChI=1S/C12H25NO/c1-3-5-11(4-2)12-6-10(9-14)7-13-8-12/h10-14H,3-9H2,1-2H3. The number of hydrogen-bond donors (Lipinski definition) is 2. The zero-order chi connectivity index (χ0) is 10.4. The van der Waals surface area contributed by atoms with Crippen molar-refractivity contribution in [3.8, 4) is 0 Å². The summed E-state index contributed by atoms with van der Waals surface area (Å²) >= 11 is 0. The molecule has 1 fully saturated rings. The highest BCUT2D eigenvalue weighted by molar-refractivity contribution is 4.80. The van der Waals surface area contributed by atoms with E-state index in [1.54, 1.807) is 0 Å². The maximum absolute atomic E-state index is 9.15. The third kappa shape index (κ3) is 3.25. The van der Waals surface area contributed by atoms with Crippen molar-refractivity contribution in [1.82, 2.24) is 5.32 Å². The summed E-state index contributed by atoms with van der Waals surface area (Å²) in [7, 11) is 0. The van der Waals surface area contributed by atoms with Crippen molar-refractivity contribution < 1.29 is 5.11 Å². The smallest absolute Gasteiger partial charge is 0.0471 e. The summed E-state index contributed by atoms with van der Waals surface area (Å²) in [6.07, 6.45) is 5.15. The van der Waals surface area contributed by atoms with Crippen LogP contribution in [0.1, 0.15) is 39.5 Å². The Balaban J connectivity index is 2.40. The second-order valence-corrected chi connectivity index (χ2v) is 4.66. The number of hydrogen-bond acceptors (Lipinski definition) is 2. The maximum Gasteiger partial charge on any atom is 0.0471 e. The summed E-state index contributed by atoms with van der Waals surface area (Å²) in [5.74, 6) is 2.16. The number of aliphatic hydroxyl groups is 1. The zero-order valence-corrected chi connectivity index (χ0v) is 9.63. The van der Waals surface area contributed by atoms with Crippen LogP contribution in [0.15, 0.2) is 0 Å². The first-order valence-corrected chi connectivity index (χ1v) is 6.13. The van der Waals surface area contributed by atoms with Gasteiger partial charge in [-0.05, 0) is 30.7 Å². The van der Waals surface area contributed by atoms with E-state index in [1.807, 2.05) is 0 Å². The molecule has 0 aromatic heterocycles. The molecule has 1 aliphatic rings. The van der Waals surface area contributed by atoms with Gasteiger partial charge in [0.15, 0.2) is 0 Å². The van der Waals surface area contributed by atoms with Crippen molar-refractivity contribution in [3.05, 3.63) is 0 Å². The Bertz CT molecular complexity index is 149. The quantitative estimate of drug-likeness (QED) is 0.710. The van der Waals surface area contributed by atoms with Crippen molar-refractivity contribution in [2.45, 2.75) is 39.5 Å². The van der Waals surface area contributed by atoms with Crippen molar-refractivity contribution in [1.29, 1.82) is 0 Å². The summed E-state index contributed by atoms with van der Waals surface area (Å²) in [6, 6.07) is 0. The van der Waals surface area contributed by atoms with Gasteiger partial charge in [0.1, 0.15) is 0 Å². The fourth-order valence-electron chi connectivity index (χ4n) is 2.71. The minimum atomic E-state index is 0.353. The first kappa shape index (κ1) is 12.0. The summed E-state index contributed by atoms with van der Waals surface area (Å²) in [6.45, 7) is 7.09. The summed E-state index contributed by atoms with van der Waals surface area (Å²) < 4.78 is 0. The van der Waals surface area contributed by atoms with Crippen LogP contribution in [0, 0.1) is 17.8 Å². The topological polar surface area (TPSA) is 32.3 Å². The Labute approximate surface area is 88.1 Å². The lowest BCUT2D eigenvalue weighted by Gasteiger charge is -2.34. The van der Waals surface area contributed by atoms with E-state index in [1.165, 1.54) is 25.7 Å². The van der Waals surface area contributed by atoms with Crippen molar-refractivity contribution in [2.24, 2.45) is 17.8 Å². The third-order valence-corrected chi connectivity index (χ3v) is 3.58. The van der Waals surface area contributed by atoms with Gasteiger partial charge in [0.2, 0.25) is 0 Å². The van der Waals surface area contributed by atoms with Gasteiger partial charge < -0.3 is 10.4 Å². The molecule has 0 radical (unpaired) electrons. The summed E-state index contributed by atoms with van der Waals surface area (Å²) in [5.41, 5.74) is 0. The van der Waals surface area contributed by atoms with Crippen LogP contribution in [0.25, 0.3) is 0 Å². The minimum Gasteiger partial charge on any atom is -0.396 e. The molecule has 2 N–H and O–H groups in total. The second-order valence-electron chi connectivity index (χ2n) is 4.66. The van der Waals surface area contributed by atoms with Crippen LogP contribution in [-0.2, 0) is 0 Å². The van der Waals surface area contributed by atoms with Crippen LogP contribution in [0.3, 0.4) is 0 Å². The highest BCUT2D eigenvalue weighted by Crippen LogP contribution is 2.28. The van der Waals surface area contributed by atoms with Crippen LogP contribution >= 0.6 is 0 Å². The summed E-state index contributed by atoms with van der Waals surface area (Å²) in [4.78, 5) is 0. The minimum absolute atomic E-state index is 0.353. The summed E-state index contributed by atoms with van der Waals surface area (Å²) in [5, 5.41) is 12.6. The zero-order valence-electron chi connectivity index (χ0n) is 9.63. The molecule has 3 unspecified atom stereocenters. The number of nitrogens with one attached hydrogen (secondary N) is 1. The molecule has 0 aliphatic carbocycles. The van der Waals surface area contributed by atoms with Crippen LogP contribution in [0.5, 0.6) is 0 Å². The molecular weight excluding hydrogens is 174 g/mol. The molecule has 0 bridgehead atoms. The molecule has 0 aromatic rings. The molecule has 0 amide bonds. The van der Waals surface area contributed by atoms with E-state index in [0.29, 0.717) is 12.5 Å². The molecule has 2 heteroatoms. The van der Waals surface area contributed by atoms with Gasteiger partial charge in [-0.3, -0.25) is 0 Å². The molecule has 0 spiro atoms. The average Bonchev–Trinajstić information content (AvgIpc) is 2.26. The van der Waals surface area contributed by atoms with Crippen molar-refractivity contribution in [2.75, 3.05) is 19.7 Å². The van der Waals surface area contributed by atoms with Gasteiger partial charge in [0, 0.05) is 13.2 Å². The Kier molecular flexibility index (Phi) is 5.49. The van der Waals surface area contributed by atoms with Crippen LogP contribution in [0.4, 0.5) is 0 Å². The van der Waals surface area contributed by atoms with E-state index in [9.17, 15) is 0 Å². The van der Waals surface area contributed by atoms with E-state index >= 15 is 0 Å². The van der Waals surface area contributed by atoms with Gasteiger partial charge in [-0.2, -0.15) is 0 Å². The third-order valence-electron chi connectivity index (χ3n) is 3.58. The van der Waals surface area contributed by atoms with Gasteiger partial charge in [-0.25, -0.2) is 0 Å². The number of rotatable bonds is 5. The predicted octanol–water partition coefficient (Wildman–Crippen LogP) is 2.03. The Hall–Kier alpha value is -0.0800. The highest BCUT2D eigenvalue weighted by atomic mass is 16.3. The van der Waals surface area contributed by atoms with Gasteiger partial charge in [-0.1, -0.05) is 33.1 Å². The predicted molar refractivity (Wildman–Crippen MR) is 60.2 cm³/mol. The van der Waals surface area contributed by atoms with E-state index < -0.39 is 0 Å². The monoisotopic (exact) mass is 199 g/mol. The lowest BCUT2D eigenvalue weighted by Crippen LogP contribution is -2.40. The largest absolute Gasteiger partial charge is 0.396 e. The van der Waals surface area contributed by atoms with Gasteiger partial charge >= 0.3 is 0 Å². The molecular formula is C12H25NO. The molecule has 1 saturated heterocycles. The van der Waals surface area contributed by atoms with Crippen LogP contribution in [-0.4, -0.2) is 24.8 Å². The average molecular weight is 199 g/mol. The molecule has 0 saturated carbocycles. The fraction of sp³-hybridized carbons (Fsp3) is 1.00. The molecule has 14 heavy (non-hydrogen) atoms.